The molecule has 0 saturated carbocycles. The number of hydrogen-bond acceptors (Lipinski definition) is 2. The van der Waals surface area contributed by atoms with Gasteiger partial charge >= 0.3 is 0 Å². The Morgan fingerprint density at radius 3 is 1.87 bits per heavy atom. The highest BCUT2D eigenvalue weighted by molar-refractivity contribution is 7.85. The van der Waals surface area contributed by atoms with E-state index in [4.69, 9.17) is 4.55 Å². The van der Waals surface area contributed by atoms with Gasteiger partial charge in [-0.25, -0.2) is 0 Å². The van der Waals surface area contributed by atoms with Crippen LogP contribution in [0.15, 0.2) is 0 Å². The van der Waals surface area contributed by atoms with Crippen LogP contribution in [0, 0.1) is 6.42 Å². The SMILES string of the molecule is C[CH]CCCCCCCCCS(=O)(=O)O. The van der Waals surface area contributed by atoms with Gasteiger partial charge in [0.1, 0.15) is 0 Å². The molecule has 0 rings (SSSR count). The lowest BCUT2D eigenvalue weighted by Crippen LogP contribution is -2.03. The molecule has 1 N–H and O–H groups in total. The van der Waals surface area contributed by atoms with Gasteiger partial charge in [-0.15, -0.1) is 0 Å². The molecule has 0 amide bonds. The average Bonchev–Trinajstić information content (AvgIpc) is 2.14. The standard InChI is InChI=1S/C11H23O3S/c1-2-3-4-5-6-7-8-9-10-11-15(12,13)14/h2H,3-11H2,1H3,(H,12,13,14). The third kappa shape index (κ3) is 13.9. The summed E-state index contributed by atoms with van der Waals surface area (Å²) >= 11 is 0. The molecule has 0 saturated heterocycles. The minimum absolute atomic E-state index is 0.0855. The zero-order valence-corrected chi connectivity index (χ0v) is 10.4. The molecule has 0 bridgehead atoms. The van der Waals surface area contributed by atoms with Crippen LogP contribution in [0.4, 0.5) is 0 Å². The van der Waals surface area contributed by atoms with Gasteiger partial charge in [-0.2, -0.15) is 8.42 Å². The molecule has 0 aliphatic rings. The molecule has 0 fully saturated rings. The first kappa shape index (κ1) is 14.9. The van der Waals surface area contributed by atoms with Gasteiger partial charge in [-0.3, -0.25) is 4.55 Å². The largest absolute Gasteiger partial charge is 0.286 e. The molecule has 0 atom stereocenters. The van der Waals surface area contributed by atoms with E-state index < -0.39 is 10.1 Å². The first-order chi connectivity index (χ1) is 7.06. The fraction of sp³-hybridized carbons (Fsp3) is 0.909. The molecule has 91 valence electrons. The van der Waals surface area contributed by atoms with Crippen molar-refractivity contribution in [3.05, 3.63) is 6.42 Å². The summed E-state index contributed by atoms with van der Waals surface area (Å²) < 4.78 is 29.3. The zero-order valence-electron chi connectivity index (χ0n) is 9.61. The van der Waals surface area contributed by atoms with Crippen molar-refractivity contribution < 1.29 is 13.0 Å². The summed E-state index contributed by atoms with van der Waals surface area (Å²) in [5.74, 6) is -0.0855. The highest BCUT2D eigenvalue weighted by atomic mass is 32.2. The molecule has 0 heterocycles. The maximum Gasteiger partial charge on any atom is 0.264 e. The Kier molecular flexibility index (Phi) is 9.10. The summed E-state index contributed by atoms with van der Waals surface area (Å²) in [5, 5.41) is 0. The molecule has 15 heavy (non-hydrogen) atoms. The lowest BCUT2D eigenvalue weighted by atomic mass is 10.1. The number of unbranched alkanes of at least 4 members (excludes halogenated alkanes) is 8. The third-order valence-electron chi connectivity index (χ3n) is 2.40. The van der Waals surface area contributed by atoms with E-state index in [0.29, 0.717) is 6.42 Å². The van der Waals surface area contributed by atoms with Crippen LogP contribution in [0.25, 0.3) is 0 Å². The van der Waals surface area contributed by atoms with E-state index in [1.54, 1.807) is 0 Å². The van der Waals surface area contributed by atoms with Crippen LogP contribution in [0.2, 0.25) is 0 Å². The molecule has 0 aliphatic carbocycles. The molecule has 0 aromatic rings. The maximum atomic E-state index is 10.4. The fourth-order valence-corrected chi connectivity index (χ4v) is 2.09. The average molecular weight is 235 g/mol. The van der Waals surface area contributed by atoms with Crippen LogP contribution in [-0.2, 0) is 10.1 Å². The van der Waals surface area contributed by atoms with Gasteiger partial charge in [0.15, 0.2) is 0 Å². The van der Waals surface area contributed by atoms with E-state index in [9.17, 15) is 8.42 Å². The van der Waals surface area contributed by atoms with Gasteiger partial charge in [0.25, 0.3) is 10.1 Å². The van der Waals surface area contributed by atoms with Gasteiger partial charge in [0.05, 0.1) is 5.75 Å². The van der Waals surface area contributed by atoms with E-state index in [1.807, 2.05) is 0 Å². The molecular formula is C11H23O3S. The van der Waals surface area contributed by atoms with Crippen molar-refractivity contribution in [3.63, 3.8) is 0 Å². The second-order valence-electron chi connectivity index (χ2n) is 3.96. The van der Waals surface area contributed by atoms with E-state index >= 15 is 0 Å². The highest BCUT2D eigenvalue weighted by Gasteiger charge is 2.02. The molecular weight excluding hydrogens is 212 g/mol. The summed E-state index contributed by atoms with van der Waals surface area (Å²) in [6.45, 7) is 2.08. The zero-order chi connectivity index (χ0) is 11.6. The maximum absolute atomic E-state index is 10.4. The number of hydrogen-bond donors (Lipinski definition) is 1. The van der Waals surface area contributed by atoms with Gasteiger partial charge in [0.2, 0.25) is 0 Å². The molecule has 3 nitrogen and oxygen atoms in total. The van der Waals surface area contributed by atoms with Crippen molar-refractivity contribution in [3.8, 4) is 0 Å². The van der Waals surface area contributed by atoms with Crippen LogP contribution in [0.5, 0.6) is 0 Å². The van der Waals surface area contributed by atoms with Crippen LogP contribution in [0.1, 0.15) is 58.3 Å². The molecule has 0 aromatic carbocycles. The van der Waals surface area contributed by atoms with Gasteiger partial charge in [-0.1, -0.05) is 51.9 Å². The smallest absolute Gasteiger partial charge is 0.264 e. The normalized spacial score (nSPS) is 11.9. The molecule has 0 unspecified atom stereocenters. The van der Waals surface area contributed by atoms with Crippen molar-refractivity contribution >= 4 is 10.1 Å². The topological polar surface area (TPSA) is 54.4 Å². The van der Waals surface area contributed by atoms with Crippen molar-refractivity contribution in [2.45, 2.75) is 58.3 Å². The number of rotatable bonds is 10. The summed E-state index contributed by atoms with van der Waals surface area (Å²) in [5.41, 5.74) is 0. The van der Waals surface area contributed by atoms with E-state index in [-0.39, 0.29) is 5.75 Å². The molecule has 0 aromatic heterocycles. The minimum Gasteiger partial charge on any atom is -0.286 e. The van der Waals surface area contributed by atoms with Crippen LogP contribution < -0.4 is 0 Å². The van der Waals surface area contributed by atoms with Crippen LogP contribution in [0.3, 0.4) is 0 Å². The minimum atomic E-state index is -3.73. The third-order valence-corrected chi connectivity index (χ3v) is 3.20. The Hall–Kier alpha value is -0.0900. The monoisotopic (exact) mass is 235 g/mol. The molecule has 4 heteroatoms. The van der Waals surface area contributed by atoms with Crippen molar-refractivity contribution in [2.24, 2.45) is 0 Å². The predicted molar refractivity (Wildman–Crippen MR) is 63.3 cm³/mol. The lowest BCUT2D eigenvalue weighted by molar-refractivity contribution is 0.478. The van der Waals surface area contributed by atoms with Crippen LogP contribution >= 0.6 is 0 Å². The van der Waals surface area contributed by atoms with E-state index in [0.717, 1.165) is 12.8 Å². The lowest BCUT2D eigenvalue weighted by Gasteiger charge is -2.00. The van der Waals surface area contributed by atoms with E-state index in [2.05, 4.69) is 13.3 Å². The fourth-order valence-electron chi connectivity index (χ4n) is 1.52. The van der Waals surface area contributed by atoms with Crippen molar-refractivity contribution in [1.82, 2.24) is 0 Å². The Morgan fingerprint density at radius 2 is 1.40 bits per heavy atom. The second-order valence-corrected chi connectivity index (χ2v) is 5.53. The van der Waals surface area contributed by atoms with Crippen LogP contribution in [-0.4, -0.2) is 18.7 Å². The summed E-state index contributed by atoms with van der Waals surface area (Å²) in [6, 6.07) is 0. The van der Waals surface area contributed by atoms with Crippen molar-refractivity contribution in [2.75, 3.05) is 5.75 Å². The molecule has 0 spiro atoms. The predicted octanol–water partition coefficient (Wildman–Crippen LogP) is 3.22. The second kappa shape index (κ2) is 9.16. The Labute approximate surface area is 94.0 Å². The summed E-state index contributed by atoms with van der Waals surface area (Å²) in [7, 11) is -3.73. The summed E-state index contributed by atoms with van der Waals surface area (Å²) in [4.78, 5) is 0. The first-order valence-corrected chi connectivity index (χ1v) is 7.40. The highest BCUT2D eigenvalue weighted by Crippen LogP contribution is 2.09. The van der Waals surface area contributed by atoms with Gasteiger partial charge in [0, 0.05) is 0 Å². The van der Waals surface area contributed by atoms with Gasteiger partial charge in [-0.05, 0) is 12.8 Å². The Morgan fingerprint density at radius 1 is 0.933 bits per heavy atom. The molecule has 0 aliphatic heterocycles. The quantitative estimate of drug-likeness (QED) is 0.467. The van der Waals surface area contributed by atoms with Crippen molar-refractivity contribution in [1.29, 1.82) is 0 Å². The summed E-state index contributed by atoms with van der Waals surface area (Å²) in [6.07, 6.45) is 10.9. The first-order valence-electron chi connectivity index (χ1n) is 5.79. The van der Waals surface area contributed by atoms with E-state index in [1.165, 1.54) is 32.1 Å². The van der Waals surface area contributed by atoms with Gasteiger partial charge < -0.3 is 0 Å². The Bertz CT molecular complexity index is 222. The molecule has 1 radical (unpaired) electrons. The Balaban J connectivity index is 3.06.